The summed E-state index contributed by atoms with van der Waals surface area (Å²) < 4.78 is 0. The maximum absolute atomic E-state index is 11.4. The summed E-state index contributed by atoms with van der Waals surface area (Å²) in [6.45, 7) is 0.971. The Balaban J connectivity index is 1.75. The minimum atomic E-state index is 0.0527. The maximum Gasteiger partial charge on any atom is 0.220 e. The van der Waals surface area contributed by atoms with Gasteiger partial charge in [-0.15, -0.1) is 0 Å². The molecular formula is C15H20N2O. The van der Waals surface area contributed by atoms with Crippen molar-refractivity contribution >= 4 is 5.91 Å². The number of benzene rings is 1. The molecule has 2 saturated heterocycles. The van der Waals surface area contributed by atoms with Crippen LogP contribution in [0.5, 0.6) is 0 Å². The third-order valence-corrected chi connectivity index (χ3v) is 4.40. The molecule has 3 nitrogen and oxygen atoms in total. The standard InChI is InChI=1S/C15H20N2O/c1-17-11-15(10-8-14(18)16-15)9-7-13(17)12-5-3-2-4-6-12/h2-6,13H,7-11H2,1H3,(H,16,18). The molecular weight excluding hydrogens is 224 g/mol. The molecule has 3 heteroatoms. The molecule has 1 spiro atoms. The molecule has 0 aliphatic carbocycles. The second-order valence-electron chi connectivity index (χ2n) is 5.71. The molecule has 2 atom stereocenters. The summed E-state index contributed by atoms with van der Waals surface area (Å²) in [5, 5.41) is 3.19. The Morgan fingerprint density at radius 2 is 2.06 bits per heavy atom. The van der Waals surface area contributed by atoms with Gasteiger partial charge in [0.25, 0.3) is 0 Å². The SMILES string of the molecule is CN1CC2(CCC(=O)N2)CCC1c1ccccc1. The molecule has 2 aliphatic rings. The van der Waals surface area contributed by atoms with Gasteiger partial charge in [0, 0.05) is 19.0 Å². The van der Waals surface area contributed by atoms with E-state index in [0.717, 1.165) is 25.8 Å². The molecule has 0 saturated carbocycles. The number of likely N-dealkylation sites (tertiary alicyclic amines) is 1. The van der Waals surface area contributed by atoms with Crippen LogP contribution in [0.25, 0.3) is 0 Å². The lowest BCUT2D eigenvalue weighted by Gasteiger charge is -2.43. The van der Waals surface area contributed by atoms with E-state index in [0.29, 0.717) is 12.5 Å². The van der Waals surface area contributed by atoms with Crippen LogP contribution in [0.4, 0.5) is 0 Å². The fourth-order valence-electron chi connectivity index (χ4n) is 3.48. The van der Waals surface area contributed by atoms with Gasteiger partial charge in [0.05, 0.1) is 5.54 Å². The van der Waals surface area contributed by atoms with Crippen molar-refractivity contribution in [2.75, 3.05) is 13.6 Å². The molecule has 0 bridgehead atoms. The Morgan fingerprint density at radius 3 is 2.67 bits per heavy atom. The lowest BCUT2D eigenvalue weighted by molar-refractivity contribution is -0.120. The van der Waals surface area contributed by atoms with E-state index in [4.69, 9.17) is 0 Å². The number of rotatable bonds is 1. The molecule has 2 fully saturated rings. The molecule has 3 rings (SSSR count). The highest BCUT2D eigenvalue weighted by Crippen LogP contribution is 2.38. The summed E-state index contributed by atoms with van der Waals surface area (Å²) in [5.41, 5.74) is 1.44. The van der Waals surface area contributed by atoms with Gasteiger partial charge in [-0.25, -0.2) is 0 Å². The van der Waals surface area contributed by atoms with Crippen LogP contribution in [0, 0.1) is 0 Å². The van der Waals surface area contributed by atoms with Crippen molar-refractivity contribution in [3.63, 3.8) is 0 Å². The molecule has 1 aromatic rings. The minimum absolute atomic E-state index is 0.0527. The van der Waals surface area contributed by atoms with E-state index in [-0.39, 0.29) is 11.4 Å². The van der Waals surface area contributed by atoms with E-state index >= 15 is 0 Å². The van der Waals surface area contributed by atoms with Crippen LogP contribution >= 0.6 is 0 Å². The lowest BCUT2D eigenvalue weighted by atomic mass is 9.83. The number of carbonyl (C=O) groups is 1. The minimum Gasteiger partial charge on any atom is -0.349 e. The van der Waals surface area contributed by atoms with Gasteiger partial charge in [0.2, 0.25) is 5.91 Å². The predicted molar refractivity (Wildman–Crippen MR) is 71.2 cm³/mol. The van der Waals surface area contributed by atoms with Gasteiger partial charge in [-0.05, 0) is 31.9 Å². The van der Waals surface area contributed by atoms with Gasteiger partial charge in [0.15, 0.2) is 0 Å². The van der Waals surface area contributed by atoms with Gasteiger partial charge in [-0.2, -0.15) is 0 Å². The first-order valence-electron chi connectivity index (χ1n) is 6.75. The Bertz CT molecular complexity index is 445. The number of carbonyl (C=O) groups excluding carboxylic acids is 1. The molecule has 0 radical (unpaired) electrons. The van der Waals surface area contributed by atoms with E-state index in [1.54, 1.807) is 0 Å². The fourth-order valence-corrected chi connectivity index (χ4v) is 3.48. The molecule has 1 aromatic carbocycles. The van der Waals surface area contributed by atoms with Crippen molar-refractivity contribution in [3.05, 3.63) is 35.9 Å². The molecule has 18 heavy (non-hydrogen) atoms. The number of amides is 1. The first-order chi connectivity index (χ1) is 8.69. The molecule has 96 valence electrons. The molecule has 1 N–H and O–H groups in total. The van der Waals surface area contributed by atoms with Crippen LogP contribution in [0.2, 0.25) is 0 Å². The fraction of sp³-hybridized carbons (Fsp3) is 0.533. The van der Waals surface area contributed by atoms with Crippen molar-refractivity contribution in [2.45, 2.75) is 37.3 Å². The number of hydrogen-bond acceptors (Lipinski definition) is 2. The summed E-state index contributed by atoms with van der Waals surface area (Å²) in [6, 6.07) is 11.2. The molecule has 2 heterocycles. The Morgan fingerprint density at radius 1 is 1.28 bits per heavy atom. The highest BCUT2D eigenvalue weighted by molar-refractivity contribution is 5.79. The monoisotopic (exact) mass is 244 g/mol. The first kappa shape index (κ1) is 11.7. The summed E-state index contributed by atoms with van der Waals surface area (Å²) >= 11 is 0. The summed E-state index contributed by atoms with van der Waals surface area (Å²) in [6.07, 6.45) is 3.92. The third-order valence-electron chi connectivity index (χ3n) is 4.40. The van der Waals surface area contributed by atoms with Crippen LogP contribution in [0.1, 0.15) is 37.3 Å². The van der Waals surface area contributed by atoms with Gasteiger partial charge < -0.3 is 5.32 Å². The van der Waals surface area contributed by atoms with E-state index in [2.05, 4.69) is 47.6 Å². The third kappa shape index (κ3) is 2.03. The van der Waals surface area contributed by atoms with Crippen molar-refractivity contribution < 1.29 is 4.79 Å². The zero-order valence-electron chi connectivity index (χ0n) is 10.9. The van der Waals surface area contributed by atoms with E-state index in [1.165, 1.54) is 5.56 Å². The largest absolute Gasteiger partial charge is 0.349 e. The molecule has 2 unspecified atom stereocenters. The smallest absolute Gasteiger partial charge is 0.220 e. The molecule has 1 amide bonds. The number of hydrogen-bond donors (Lipinski definition) is 1. The van der Waals surface area contributed by atoms with Crippen molar-refractivity contribution in [2.24, 2.45) is 0 Å². The van der Waals surface area contributed by atoms with Crippen LogP contribution in [-0.4, -0.2) is 29.9 Å². The average molecular weight is 244 g/mol. The normalized spacial score (nSPS) is 32.7. The lowest BCUT2D eigenvalue weighted by Crippen LogP contribution is -2.54. The number of piperidine rings is 1. The van der Waals surface area contributed by atoms with Gasteiger partial charge in [0.1, 0.15) is 0 Å². The number of likely N-dealkylation sites (N-methyl/N-ethyl adjacent to an activating group) is 1. The van der Waals surface area contributed by atoms with Gasteiger partial charge in [-0.3, -0.25) is 9.69 Å². The average Bonchev–Trinajstić information content (AvgIpc) is 2.72. The van der Waals surface area contributed by atoms with Crippen LogP contribution in [-0.2, 0) is 4.79 Å². The summed E-state index contributed by atoms with van der Waals surface area (Å²) in [5.74, 6) is 0.224. The Kier molecular flexibility index (Phi) is 2.86. The maximum atomic E-state index is 11.4. The van der Waals surface area contributed by atoms with E-state index < -0.39 is 0 Å². The highest BCUT2D eigenvalue weighted by Gasteiger charge is 2.42. The zero-order chi connectivity index (χ0) is 12.6. The number of nitrogens with zero attached hydrogens (tertiary/aromatic N) is 1. The van der Waals surface area contributed by atoms with Crippen molar-refractivity contribution in [1.82, 2.24) is 10.2 Å². The predicted octanol–water partition coefficient (Wildman–Crippen LogP) is 2.10. The van der Waals surface area contributed by atoms with Crippen molar-refractivity contribution in [1.29, 1.82) is 0 Å². The second-order valence-corrected chi connectivity index (χ2v) is 5.71. The Labute approximate surface area is 108 Å². The van der Waals surface area contributed by atoms with E-state index in [9.17, 15) is 4.79 Å². The van der Waals surface area contributed by atoms with Crippen LogP contribution < -0.4 is 5.32 Å². The summed E-state index contributed by atoms with van der Waals surface area (Å²) in [7, 11) is 2.17. The zero-order valence-corrected chi connectivity index (χ0v) is 10.9. The topological polar surface area (TPSA) is 32.3 Å². The van der Waals surface area contributed by atoms with Gasteiger partial charge >= 0.3 is 0 Å². The molecule has 2 aliphatic heterocycles. The highest BCUT2D eigenvalue weighted by atomic mass is 16.2. The Hall–Kier alpha value is -1.35. The van der Waals surface area contributed by atoms with Crippen molar-refractivity contribution in [3.8, 4) is 0 Å². The second kappa shape index (κ2) is 4.39. The van der Waals surface area contributed by atoms with Gasteiger partial charge in [-0.1, -0.05) is 30.3 Å². The summed E-state index contributed by atoms with van der Waals surface area (Å²) in [4.78, 5) is 13.8. The van der Waals surface area contributed by atoms with Crippen LogP contribution in [0.15, 0.2) is 30.3 Å². The quantitative estimate of drug-likeness (QED) is 0.820. The van der Waals surface area contributed by atoms with E-state index in [1.807, 2.05) is 0 Å². The molecule has 0 aromatic heterocycles. The number of nitrogens with one attached hydrogen (secondary N) is 1. The first-order valence-corrected chi connectivity index (χ1v) is 6.75. The van der Waals surface area contributed by atoms with Crippen LogP contribution in [0.3, 0.4) is 0 Å².